The highest BCUT2D eigenvalue weighted by Gasteiger charge is 2.29. The molecule has 0 heterocycles. The average Bonchev–Trinajstić information content (AvgIpc) is 2.26. The van der Waals surface area contributed by atoms with E-state index in [4.69, 9.17) is 9.84 Å². The zero-order valence-electron chi connectivity index (χ0n) is 11.2. The minimum absolute atomic E-state index is 0.0557. The minimum atomic E-state index is -1.20. The normalized spacial score (nSPS) is 13.2. The number of hydrogen-bond donors (Lipinski definition) is 1. The van der Waals surface area contributed by atoms with Gasteiger partial charge in [0.25, 0.3) is 0 Å². The van der Waals surface area contributed by atoms with Crippen molar-refractivity contribution in [1.29, 1.82) is 0 Å². The Morgan fingerprint density at radius 3 is 2.56 bits per heavy atom. The van der Waals surface area contributed by atoms with Crippen LogP contribution in [-0.4, -0.2) is 18.2 Å². The number of hydrogen-bond acceptors (Lipinski definition) is 2. The van der Waals surface area contributed by atoms with Gasteiger partial charge in [-0.2, -0.15) is 0 Å². The van der Waals surface area contributed by atoms with Crippen LogP contribution < -0.4 is 4.74 Å². The van der Waals surface area contributed by atoms with E-state index in [1.54, 1.807) is 32.0 Å². The summed E-state index contributed by atoms with van der Waals surface area (Å²) in [5.41, 5.74) is 0.473. The monoisotopic (exact) mass is 254 g/mol. The number of benzene rings is 1. The van der Waals surface area contributed by atoms with E-state index >= 15 is 0 Å². The number of halogens is 1. The number of aliphatic carboxylic acids is 1. The van der Waals surface area contributed by atoms with Gasteiger partial charge in [-0.1, -0.05) is 26.0 Å². The molecule has 1 rings (SSSR count). The number of carbonyl (C=O) groups is 1. The first kappa shape index (κ1) is 14.5. The molecule has 3 nitrogen and oxygen atoms in total. The van der Waals surface area contributed by atoms with Crippen molar-refractivity contribution >= 4 is 5.97 Å². The minimum Gasteiger partial charge on any atom is -0.496 e. The van der Waals surface area contributed by atoms with Gasteiger partial charge >= 0.3 is 5.97 Å². The fourth-order valence-electron chi connectivity index (χ4n) is 2.20. The van der Waals surface area contributed by atoms with Crippen LogP contribution in [0.25, 0.3) is 0 Å². The Kier molecular flexibility index (Phi) is 4.33. The summed E-state index contributed by atoms with van der Waals surface area (Å²) >= 11 is 0. The van der Waals surface area contributed by atoms with Crippen LogP contribution in [0.2, 0.25) is 0 Å². The first-order valence-corrected chi connectivity index (χ1v) is 5.83. The predicted octanol–water partition coefficient (Wildman–Crippen LogP) is 3.48. The van der Waals surface area contributed by atoms with E-state index in [0.717, 1.165) is 0 Å². The topological polar surface area (TPSA) is 46.5 Å². The van der Waals surface area contributed by atoms with Crippen LogP contribution in [0.5, 0.6) is 5.75 Å². The van der Waals surface area contributed by atoms with Gasteiger partial charge in [0.2, 0.25) is 0 Å². The molecule has 1 aromatic rings. The number of carboxylic acid groups (broad SMARTS) is 1. The van der Waals surface area contributed by atoms with Gasteiger partial charge < -0.3 is 9.84 Å². The summed E-state index contributed by atoms with van der Waals surface area (Å²) in [6.45, 7) is 5.02. The molecule has 18 heavy (non-hydrogen) atoms. The van der Waals surface area contributed by atoms with Gasteiger partial charge in [0.15, 0.2) is 0 Å². The second-order valence-corrected chi connectivity index (χ2v) is 4.99. The van der Waals surface area contributed by atoms with Crippen LogP contribution in [0, 0.1) is 0 Å². The Hall–Kier alpha value is -1.58. The fourth-order valence-corrected chi connectivity index (χ4v) is 2.20. The largest absolute Gasteiger partial charge is 0.496 e. The number of methoxy groups -OCH3 is 1. The van der Waals surface area contributed by atoms with E-state index in [2.05, 4.69) is 0 Å². The van der Waals surface area contributed by atoms with Crippen molar-refractivity contribution < 1.29 is 19.0 Å². The number of rotatable bonds is 5. The molecule has 0 aliphatic carbocycles. The van der Waals surface area contributed by atoms with E-state index in [9.17, 15) is 9.18 Å². The van der Waals surface area contributed by atoms with Crippen LogP contribution in [0.3, 0.4) is 0 Å². The summed E-state index contributed by atoms with van der Waals surface area (Å²) in [6, 6.07) is 5.20. The highest BCUT2D eigenvalue weighted by atomic mass is 19.1. The van der Waals surface area contributed by atoms with Gasteiger partial charge in [0, 0.05) is 11.0 Å². The van der Waals surface area contributed by atoms with Crippen molar-refractivity contribution in [2.75, 3.05) is 7.11 Å². The molecule has 0 spiro atoms. The molecular weight excluding hydrogens is 235 g/mol. The lowest BCUT2D eigenvalue weighted by molar-refractivity contribution is -0.138. The molecule has 1 N–H and O–H groups in total. The van der Waals surface area contributed by atoms with Crippen molar-refractivity contribution in [3.05, 3.63) is 29.3 Å². The van der Waals surface area contributed by atoms with Gasteiger partial charge in [-0.25, -0.2) is 4.39 Å². The quantitative estimate of drug-likeness (QED) is 0.875. The van der Waals surface area contributed by atoms with Gasteiger partial charge in [-0.15, -0.1) is 0 Å². The first-order chi connectivity index (χ1) is 8.29. The van der Waals surface area contributed by atoms with E-state index in [0.29, 0.717) is 16.9 Å². The van der Waals surface area contributed by atoms with E-state index in [1.165, 1.54) is 14.0 Å². The third kappa shape index (κ3) is 3.00. The molecule has 4 heteroatoms. The molecule has 0 bridgehead atoms. The lowest BCUT2D eigenvalue weighted by Crippen LogP contribution is -2.23. The third-order valence-corrected chi connectivity index (χ3v) is 3.01. The first-order valence-electron chi connectivity index (χ1n) is 5.83. The SMILES string of the molecule is COc1cccc(C(C)(C)CC(=O)O)c1C(C)F. The van der Waals surface area contributed by atoms with E-state index in [-0.39, 0.29) is 6.42 Å². The van der Waals surface area contributed by atoms with Gasteiger partial charge in [0.05, 0.1) is 13.5 Å². The summed E-state index contributed by atoms with van der Waals surface area (Å²) in [5, 5.41) is 8.94. The summed E-state index contributed by atoms with van der Waals surface area (Å²) in [6.07, 6.45) is -1.26. The predicted molar refractivity (Wildman–Crippen MR) is 67.8 cm³/mol. The van der Waals surface area contributed by atoms with Crippen LogP contribution in [0.15, 0.2) is 18.2 Å². The lowest BCUT2D eigenvalue weighted by atomic mass is 9.78. The lowest BCUT2D eigenvalue weighted by Gasteiger charge is -2.27. The highest BCUT2D eigenvalue weighted by molar-refractivity contribution is 5.69. The standard InChI is InChI=1S/C14H19FO3/c1-9(15)13-10(6-5-7-11(13)18-4)14(2,3)8-12(16)17/h5-7,9H,8H2,1-4H3,(H,16,17). The molecular formula is C14H19FO3. The number of carboxylic acids is 1. The second-order valence-electron chi connectivity index (χ2n) is 4.99. The van der Waals surface area contributed by atoms with E-state index < -0.39 is 17.6 Å². The molecule has 0 saturated carbocycles. The molecule has 0 saturated heterocycles. The second kappa shape index (κ2) is 5.38. The molecule has 0 aliphatic heterocycles. The van der Waals surface area contributed by atoms with Gasteiger partial charge in [-0.3, -0.25) is 4.79 Å². The zero-order valence-corrected chi connectivity index (χ0v) is 11.2. The maximum absolute atomic E-state index is 13.8. The van der Waals surface area contributed by atoms with Crippen LogP contribution in [-0.2, 0) is 10.2 Å². The van der Waals surface area contributed by atoms with Crippen molar-refractivity contribution in [2.45, 2.75) is 38.8 Å². The Balaban J connectivity index is 3.35. The Morgan fingerprint density at radius 1 is 1.50 bits per heavy atom. The Labute approximate surface area is 107 Å². The zero-order chi connectivity index (χ0) is 13.9. The van der Waals surface area contributed by atoms with E-state index in [1.807, 2.05) is 0 Å². The van der Waals surface area contributed by atoms with Gasteiger partial charge in [-0.05, 0) is 18.6 Å². The van der Waals surface area contributed by atoms with Crippen molar-refractivity contribution in [2.24, 2.45) is 0 Å². The molecule has 1 aromatic carbocycles. The Morgan fingerprint density at radius 2 is 2.11 bits per heavy atom. The molecule has 0 fully saturated rings. The molecule has 1 unspecified atom stereocenters. The number of alkyl halides is 1. The Bertz CT molecular complexity index is 439. The average molecular weight is 254 g/mol. The van der Waals surface area contributed by atoms with Crippen LogP contribution >= 0.6 is 0 Å². The molecule has 100 valence electrons. The van der Waals surface area contributed by atoms with Crippen molar-refractivity contribution in [3.8, 4) is 5.75 Å². The van der Waals surface area contributed by atoms with Gasteiger partial charge in [0.1, 0.15) is 11.9 Å². The molecule has 0 radical (unpaired) electrons. The molecule has 0 aromatic heterocycles. The molecule has 0 amide bonds. The summed E-state index contributed by atoms with van der Waals surface area (Å²) in [7, 11) is 1.48. The molecule has 1 atom stereocenters. The van der Waals surface area contributed by atoms with Crippen LogP contribution in [0.1, 0.15) is 44.5 Å². The maximum Gasteiger partial charge on any atom is 0.304 e. The van der Waals surface area contributed by atoms with Crippen molar-refractivity contribution in [1.82, 2.24) is 0 Å². The maximum atomic E-state index is 13.8. The fraction of sp³-hybridized carbons (Fsp3) is 0.500. The smallest absolute Gasteiger partial charge is 0.304 e. The van der Waals surface area contributed by atoms with Crippen LogP contribution in [0.4, 0.5) is 4.39 Å². The summed E-state index contributed by atoms with van der Waals surface area (Å²) in [4.78, 5) is 10.9. The van der Waals surface area contributed by atoms with Crippen molar-refractivity contribution in [3.63, 3.8) is 0 Å². The number of ether oxygens (including phenoxy) is 1. The summed E-state index contributed by atoms with van der Waals surface area (Å²) < 4.78 is 18.9. The molecule has 0 aliphatic rings. The third-order valence-electron chi connectivity index (χ3n) is 3.01. The summed E-state index contributed by atoms with van der Waals surface area (Å²) in [5.74, 6) is -0.443. The highest BCUT2D eigenvalue weighted by Crippen LogP contribution is 2.38.